The van der Waals surface area contributed by atoms with Crippen LogP contribution in [0, 0.1) is 17.8 Å². The summed E-state index contributed by atoms with van der Waals surface area (Å²) in [7, 11) is 0. The molecule has 0 saturated carbocycles. The fraction of sp³-hybridized carbons (Fsp3) is 1.00. The monoisotopic (exact) mass is 227 g/mol. The number of nitrogens with zero attached hydrogens (tertiary/aromatic N) is 1. The van der Waals surface area contributed by atoms with Crippen LogP contribution in [0.25, 0.3) is 0 Å². The van der Waals surface area contributed by atoms with E-state index in [0.717, 1.165) is 44.1 Å². The number of hydrogen-bond donors (Lipinski definition) is 0. The summed E-state index contributed by atoms with van der Waals surface area (Å²) in [6.07, 6.45) is 2.74. The van der Waals surface area contributed by atoms with Crippen molar-refractivity contribution in [3.63, 3.8) is 0 Å². The predicted octanol–water partition coefficient (Wildman–Crippen LogP) is 3.03. The summed E-state index contributed by atoms with van der Waals surface area (Å²) < 4.78 is 5.40. The van der Waals surface area contributed by atoms with E-state index in [4.69, 9.17) is 4.74 Å². The highest BCUT2D eigenvalue weighted by atomic mass is 16.5. The third kappa shape index (κ3) is 5.86. The molecule has 2 heteroatoms. The summed E-state index contributed by atoms with van der Waals surface area (Å²) in [5.41, 5.74) is 0. The molecule has 2 nitrogen and oxygen atoms in total. The van der Waals surface area contributed by atoms with Gasteiger partial charge in [-0.15, -0.1) is 0 Å². The van der Waals surface area contributed by atoms with Crippen LogP contribution in [0.2, 0.25) is 0 Å². The lowest BCUT2D eigenvalue weighted by Gasteiger charge is -2.31. The van der Waals surface area contributed by atoms with Gasteiger partial charge in [-0.3, -0.25) is 4.90 Å². The minimum atomic E-state index is 0.824. The Labute approximate surface area is 101 Å². The summed E-state index contributed by atoms with van der Waals surface area (Å²) in [6, 6.07) is 0. The van der Waals surface area contributed by atoms with Crippen LogP contribution in [0.1, 0.15) is 40.5 Å². The third-order valence-corrected chi connectivity index (χ3v) is 3.23. The molecule has 1 aliphatic heterocycles. The molecule has 16 heavy (non-hydrogen) atoms. The second kappa shape index (κ2) is 7.29. The van der Waals surface area contributed by atoms with Gasteiger partial charge in [-0.2, -0.15) is 0 Å². The van der Waals surface area contributed by atoms with Gasteiger partial charge in [-0.1, -0.05) is 27.7 Å². The van der Waals surface area contributed by atoms with Gasteiger partial charge in [-0.05, 0) is 30.6 Å². The first-order chi connectivity index (χ1) is 7.58. The second-order valence-corrected chi connectivity index (χ2v) is 6.04. The zero-order valence-electron chi connectivity index (χ0n) is 11.5. The molecule has 0 bridgehead atoms. The van der Waals surface area contributed by atoms with Gasteiger partial charge in [0.05, 0.1) is 13.2 Å². The van der Waals surface area contributed by atoms with Crippen molar-refractivity contribution in [1.29, 1.82) is 0 Å². The van der Waals surface area contributed by atoms with E-state index >= 15 is 0 Å². The van der Waals surface area contributed by atoms with Crippen molar-refractivity contribution in [2.45, 2.75) is 40.5 Å². The van der Waals surface area contributed by atoms with Crippen molar-refractivity contribution in [2.24, 2.45) is 17.8 Å². The number of morpholine rings is 1. The Hall–Kier alpha value is -0.0800. The van der Waals surface area contributed by atoms with Crippen LogP contribution in [0.4, 0.5) is 0 Å². The summed E-state index contributed by atoms with van der Waals surface area (Å²) in [6.45, 7) is 14.8. The summed E-state index contributed by atoms with van der Waals surface area (Å²) in [5, 5.41) is 0. The van der Waals surface area contributed by atoms with Crippen molar-refractivity contribution in [2.75, 3.05) is 32.8 Å². The lowest BCUT2D eigenvalue weighted by molar-refractivity contribution is 0.0275. The minimum absolute atomic E-state index is 0.824. The lowest BCUT2D eigenvalue weighted by Crippen LogP contribution is -2.39. The molecule has 0 radical (unpaired) electrons. The zero-order valence-corrected chi connectivity index (χ0v) is 11.5. The maximum Gasteiger partial charge on any atom is 0.0594 e. The Balaban J connectivity index is 2.35. The van der Waals surface area contributed by atoms with Gasteiger partial charge in [0.1, 0.15) is 0 Å². The summed E-state index contributed by atoms with van der Waals surface area (Å²) >= 11 is 0. The Morgan fingerprint density at radius 2 is 1.44 bits per heavy atom. The van der Waals surface area contributed by atoms with Gasteiger partial charge in [0.15, 0.2) is 0 Å². The maximum atomic E-state index is 5.40. The van der Waals surface area contributed by atoms with Crippen molar-refractivity contribution in [3.8, 4) is 0 Å². The normalized spacial score (nSPS) is 18.9. The molecule has 0 amide bonds. The molecule has 0 spiro atoms. The minimum Gasteiger partial charge on any atom is -0.379 e. The number of hydrogen-bond acceptors (Lipinski definition) is 2. The quantitative estimate of drug-likeness (QED) is 0.691. The van der Waals surface area contributed by atoms with E-state index in [1.54, 1.807) is 0 Å². The molecule has 1 rings (SSSR count). The van der Waals surface area contributed by atoms with E-state index in [-0.39, 0.29) is 0 Å². The Morgan fingerprint density at radius 3 is 1.88 bits per heavy atom. The molecule has 1 aliphatic rings. The molecule has 0 aliphatic carbocycles. The first-order valence-electron chi connectivity index (χ1n) is 6.88. The van der Waals surface area contributed by atoms with Gasteiger partial charge in [0.25, 0.3) is 0 Å². The standard InChI is InChI=1S/C14H29NO/c1-12(2)9-14(10-13(3)4)11-15-5-7-16-8-6-15/h12-14H,5-11H2,1-4H3. The van der Waals surface area contributed by atoms with E-state index < -0.39 is 0 Å². The fourth-order valence-corrected chi connectivity index (χ4v) is 2.73. The first-order valence-corrected chi connectivity index (χ1v) is 6.88. The fourth-order valence-electron chi connectivity index (χ4n) is 2.73. The second-order valence-electron chi connectivity index (χ2n) is 6.04. The van der Waals surface area contributed by atoms with Gasteiger partial charge < -0.3 is 4.74 Å². The number of rotatable bonds is 6. The maximum absolute atomic E-state index is 5.40. The van der Waals surface area contributed by atoms with Crippen LogP contribution in [0.15, 0.2) is 0 Å². The number of ether oxygens (including phenoxy) is 1. The Bertz CT molecular complexity index is 164. The molecule has 1 heterocycles. The Morgan fingerprint density at radius 1 is 0.938 bits per heavy atom. The van der Waals surface area contributed by atoms with Gasteiger partial charge in [0, 0.05) is 19.6 Å². The molecule has 0 N–H and O–H groups in total. The van der Waals surface area contributed by atoms with Gasteiger partial charge in [0.2, 0.25) is 0 Å². The molecule has 0 atom stereocenters. The van der Waals surface area contributed by atoms with Crippen molar-refractivity contribution < 1.29 is 4.74 Å². The zero-order chi connectivity index (χ0) is 12.0. The van der Waals surface area contributed by atoms with Gasteiger partial charge in [-0.25, -0.2) is 0 Å². The topological polar surface area (TPSA) is 12.5 Å². The average Bonchev–Trinajstić information content (AvgIpc) is 2.16. The van der Waals surface area contributed by atoms with E-state index in [9.17, 15) is 0 Å². The summed E-state index contributed by atoms with van der Waals surface area (Å²) in [4.78, 5) is 2.58. The van der Waals surface area contributed by atoms with E-state index in [0.29, 0.717) is 0 Å². The van der Waals surface area contributed by atoms with Crippen molar-refractivity contribution in [3.05, 3.63) is 0 Å². The molecule has 0 aromatic heterocycles. The molecule has 0 unspecified atom stereocenters. The highest BCUT2D eigenvalue weighted by Gasteiger charge is 2.18. The molecule has 0 aromatic rings. The van der Waals surface area contributed by atoms with Crippen LogP contribution in [-0.2, 0) is 4.74 Å². The third-order valence-electron chi connectivity index (χ3n) is 3.23. The lowest BCUT2D eigenvalue weighted by atomic mass is 9.89. The van der Waals surface area contributed by atoms with Crippen LogP contribution < -0.4 is 0 Å². The van der Waals surface area contributed by atoms with Gasteiger partial charge >= 0.3 is 0 Å². The summed E-state index contributed by atoms with van der Waals surface area (Å²) in [5.74, 6) is 2.52. The first kappa shape index (κ1) is 14.0. The molecule has 1 fully saturated rings. The van der Waals surface area contributed by atoms with Crippen LogP contribution in [-0.4, -0.2) is 37.7 Å². The highest BCUT2D eigenvalue weighted by molar-refractivity contribution is 4.71. The molecular formula is C14H29NO. The molecule has 96 valence electrons. The van der Waals surface area contributed by atoms with E-state index in [1.807, 2.05) is 0 Å². The largest absolute Gasteiger partial charge is 0.379 e. The SMILES string of the molecule is CC(C)CC(CC(C)C)CN1CCOCC1. The van der Waals surface area contributed by atoms with Crippen molar-refractivity contribution >= 4 is 0 Å². The molecule has 1 saturated heterocycles. The van der Waals surface area contributed by atoms with Crippen molar-refractivity contribution in [1.82, 2.24) is 4.90 Å². The molecular weight excluding hydrogens is 198 g/mol. The predicted molar refractivity (Wildman–Crippen MR) is 69.7 cm³/mol. The smallest absolute Gasteiger partial charge is 0.0594 e. The van der Waals surface area contributed by atoms with Crippen LogP contribution in [0.3, 0.4) is 0 Å². The van der Waals surface area contributed by atoms with Crippen LogP contribution in [0.5, 0.6) is 0 Å². The van der Waals surface area contributed by atoms with E-state index in [2.05, 4.69) is 32.6 Å². The highest BCUT2D eigenvalue weighted by Crippen LogP contribution is 2.21. The van der Waals surface area contributed by atoms with E-state index in [1.165, 1.54) is 19.4 Å². The molecule has 0 aromatic carbocycles. The Kier molecular flexibility index (Phi) is 6.37. The average molecular weight is 227 g/mol. The van der Waals surface area contributed by atoms with Crippen LogP contribution >= 0.6 is 0 Å².